The fourth-order valence-corrected chi connectivity index (χ4v) is 1.98. The van der Waals surface area contributed by atoms with E-state index in [1.165, 1.54) is 0 Å². The van der Waals surface area contributed by atoms with E-state index in [2.05, 4.69) is 26.1 Å². The van der Waals surface area contributed by atoms with Crippen molar-refractivity contribution in [3.63, 3.8) is 0 Å². The molecule has 2 rings (SSSR count). The normalized spacial score (nSPS) is 10.5. The third-order valence-electron chi connectivity index (χ3n) is 1.94. The van der Waals surface area contributed by atoms with Crippen molar-refractivity contribution in [1.29, 1.82) is 0 Å². The van der Waals surface area contributed by atoms with E-state index in [4.69, 9.17) is 34.8 Å². The minimum Gasteiger partial charge on any atom is -0.147 e. The first kappa shape index (κ1) is 12.1. The van der Waals surface area contributed by atoms with E-state index >= 15 is 0 Å². The molecular weight excluding hydrogens is 334 g/mol. The van der Waals surface area contributed by atoms with Crippen molar-refractivity contribution in [2.45, 2.75) is 0 Å². The highest BCUT2D eigenvalue weighted by atomic mass is 79.9. The molecule has 0 spiro atoms. The molecule has 2 nitrogen and oxygen atoms in total. The molecular formula is C10H4BrCl3N2. The Balaban J connectivity index is 2.57. The van der Waals surface area contributed by atoms with Crippen molar-refractivity contribution in [2.24, 2.45) is 0 Å². The summed E-state index contributed by atoms with van der Waals surface area (Å²) in [6, 6.07) is 7.50. The average Bonchev–Trinajstić information content (AvgIpc) is 2.28. The maximum atomic E-state index is 6.04. The van der Waals surface area contributed by atoms with Crippen molar-refractivity contribution in [3.8, 4) is 11.3 Å². The third-order valence-corrected chi connectivity index (χ3v) is 3.66. The summed E-state index contributed by atoms with van der Waals surface area (Å²) in [5.41, 5.74) is 1.35. The number of benzene rings is 1. The Kier molecular flexibility index (Phi) is 3.70. The quantitative estimate of drug-likeness (QED) is 0.741. The molecule has 0 amide bonds. The molecule has 0 bridgehead atoms. The van der Waals surface area contributed by atoms with Gasteiger partial charge in [0.15, 0.2) is 5.15 Å². The number of hydrogen-bond donors (Lipinski definition) is 0. The number of nitrogens with zero attached hydrogens (tertiary/aromatic N) is 2. The first-order valence-electron chi connectivity index (χ1n) is 4.22. The van der Waals surface area contributed by atoms with Crippen LogP contribution in [0.5, 0.6) is 0 Å². The van der Waals surface area contributed by atoms with E-state index in [1.54, 1.807) is 0 Å². The standard InChI is InChI=1S/C10H4BrCl3N2/c11-6-3-1-5(2-4-6)9-7(12)8(13)10(14)16-15-9/h1-4H. The average molecular weight is 338 g/mol. The number of halogens is 4. The summed E-state index contributed by atoms with van der Waals surface area (Å²) in [6.07, 6.45) is 0. The highest BCUT2D eigenvalue weighted by Crippen LogP contribution is 2.34. The predicted molar refractivity (Wildman–Crippen MR) is 70.2 cm³/mol. The van der Waals surface area contributed by atoms with Gasteiger partial charge < -0.3 is 0 Å². The van der Waals surface area contributed by atoms with E-state index in [-0.39, 0.29) is 10.2 Å². The highest BCUT2D eigenvalue weighted by molar-refractivity contribution is 9.10. The molecule has 1 aromatic carbocycles. The van der Waals surface area contributed by atoms with Gasteiger partial charge >= 0.3 is 0 Å². The second-order valence-electron chi connectivity index (χ2n) is 2.97. The van der Waals surface area contributed by atoms with Crippen LogP contribution >= 0.6 is 50.7 Å². The minimum absolute atomic E-state index is 0.104. The monoisotopic (exact) mass is 336 g/mol. The van der Waals surface area contributed by atoms with E-state index in [9.17, 15) is 0 Å². The van der Waals surface area contributed by atoms with Crippen LogP contribution in [0.25, 0.3) is 11.3 Å². The summed E-state index contributed by atoms with van der Waals surface area (Å²) >= 11 is 21.0. The zero-order chi connectivity index (χ0) is 11.7. The third kappa shape index (κ3) is 2.33. The Labute approximate surface area is 116 Å². The van der Waals surface area contributed by atoms with Crippen LogP contribution in [-0.2, 0) is 0 Å². The fraction of sp³-hybridized carbons (Fsp3) is 0. The van der Waals surface area contributed by atoms with Gasteiger partial charge in [0.05, 0.1) is 5.02 Å². The van der Waals surface area contributed by atoms with Crippen LogP contribution < -0.4 is 0 Å². The number of aromatic nitrogens is 2. The van der Waals surface area contributed by atoms with Crippen LogP contribution in [0, 0.1) is 0 Å². The van der Waals surface area contributed by atoms with Gasteiger partial charge in [-0.15, -0.1) is 10.2 Å². The summed E-state index contributed by atoms with van der Waals surface area (Å²) in [5.74, 6) is 0. The summed E-state index contributed by atoms with van der Waals surface area (Å²) in [6.45, 7) is 0. The largest absolute Gasteiger partial charge is 0.171 e. The second-order valence-corrected chi connectivity index (χ2v) is 5.00. The first-order valence-corrected chi connectivity index (χ1v) is 6.15. The molecule has 16 heavy (non-hydrogen) atoms. The van der Waals surface area contributed by atoms with E-state index in [0.717, 1.165) is 10.0 Å². The second kappa shape index (κ2) is 4.88. The highest BCUT2D eigenvalue weighted by Gasteiger charge is 2.13. The minimum atomic E-state index is 0.104. The molecule has 2 aromatic rings. The summed E-state index contributed by atoms with van der Waals surface area (Å²) < 4.78 is 0.973. The Morgan fingerprint density at radius 2 is 1.50 bits per heavy atom. The van der Waals surface area contributed by atoms with Crippen LogP contribution in [0.3, 0.4) is 0 Å². The molecule has 1 aromatic heterocycles. The van der Waals surface area contributed by atoms with Gasteiger partial charge in [0, 0.05) is 10.0 Å². The molecule has 0 aliphatic rings. The van der Waals surface area contributed by atoms with Gasteiger partial charge in [-0.2, -0.15) is 0 Å². The Morgan fingerprint density at radius 3 is 2.12 bits per heavy atom. The summed E-state index contributed by atoms with van der Waals surface area (Å²) in [7, 11) is 0. The van der Waals surface area contributed by atoms with Crippen molar-refractivity contribution < 1.29 is 0 Å². The van der Waals surface area contributed by atoms with Crippen LogP contribution in [0.1, 0.15) is 0 Å². The number of rotatable bonds is 1. The van der Waals surface area contributed by atoms with Gasteiger partial charge in [-0.25, -0.2) is 0 Å². The molecule has 0 N–H and O–H groups in total. The first-order chi connectivity index (χ1) is 7.59. The van der Waals surface area contributed by atoms with Gasteiger partial charge in [-0.1, -0.05) is 62.9 Å². The Hall–Kier alpha value is -0.350. The predicted octanol–water partition coefficient (Wildman–Crippen LogP) is 4.87. The Morgan fingerprint density at radius 1 is 0.875 bits per heavy atom. The Bertz CT molecular complexity index is 528. The summed E-state index contributed by atoms with van der Waals surface area (Å²) in [4.78, 5) is 0. The zero-order valence-corrected chi connectivity index (χ0v) is 11.6. The van der Waals surface area contributed by atoms with Gasteiger partial charge in [0.25, 0.3) is 0 Å². The molecule has 0 radical (unpaired) electrons. The van der Waals surface area contributed by atoms with Crippen molar-refractivity contribution in [3.05, 3.63) is 43.9 Å². The lowest BCUT2D eigenvalue weighted by Gasteiger charge is -2.04. The smallest absolute Gasteiger partial charge is 0.147 e. The fourth-order valence-electron chi connectivity index (χ4n) is 1.17. The van der Waals surface area contributed by atoms with Crippen molar-refractivity contribution in [2.75, 3.05) is 0 Å². The molecule has 0 aliphatic heterocycles. The zero-order valence-electron chi connectivity index (χ0n) is 7.72. The maximum absolute atomic E-state index is 6.04. The lowest BCUT2D eigenvalue weighted by Crippen LogP contribution is -1.91. The molecule has 0 atom stereocenters. The molecule has 0 saturated carbocycles. The maximum Gasteiger partial charge on any atom is 0.171 e. The van der Waals surface area contributed by atoms with Crippen LogP contribution in [0.4, 0.5) is 0 Å². The van der Waals surface area contributed by atoms with Gasteiger partial charge in [0.1, 0.15) is 10.7 Å². The molecule has 0 unspecified atom stereocenters. The summed E-state index contributed by atoms with van der Waals surface area (Å²) in [5, 5.41) is 8.28. The molecule has 82 valence electrons. The van der Waals surface area contributed by atoms with Gasteiger partial charge in [0.2, 0.25) is 0 Å². The lowest BCUT2D eigenvalue weighted by atomic mass is 10.1. The van der Waals surface area contributed by atoms with Crippen LogP contribution in [0.2, 0.25) is 15.2 Å². The van der Waals surface area contributed by atoms with E-state index < -0.39 is 0 Å². The number of hydrogen-bond acceptors (Lipinski definition) is 2. The SMILES string of the molecule is Clc1nnc(-c2ccc(Br)cc2)c(Cl)c1Cl. The lowest BCUT2D eigenvalue weighted by molar-refractivity contribution is 1.04. The molecule has 0 fully saturated rings. The van der Waals surface area contributed by atoms with Crippen molar-refractivity contribution in [1.82, 2.24) is 10.2 Å². The van der Waals surface area contributed by atoms with E-state index in [0.29, 0.717) is 10.7 Å². The molecule has 0 aliphatic carbocycles. The van der Waals surface area contributed by atoms with Gasteiger partial charge in [-0.3, -0.25) is 0 Å². The van der Waals surface area contributed by atoms with Gasteiger partial charge in [-0.05, 0) is 12.1 Å². The molecule has 6 heteroatoms. The van der Waals surface area contributed by atoms with E-state index in [1.807, 2.05) is 24.3 Å². The van der Waals surface area contributed by atoms with Crippen LogP contribution in [0.15, 0.2) is 28.7 Å². The van der Waals surface area contributed by atoms with Crippen LogP contribution in [-0.4, -0.2) is 10.2 Å². The topological polar surface area (TPSA) is 25.8 Å². The molecule has 1 heterocycles. The van der Waals surface area contributed by atoms with Crippen molar-refractivity contribution >= 4 is 50.7 Å². The molecule has 0 saturated heterocycles.